The van der Waals surface area contributed by atoms with E-state index in [1.807, 2.05) is 0 Å². The van der Waals surface area contributed by atoms with Crippen molar-refractivity contribution < 1.29 is 4.74 Å². The molecule has 0 spiro atoms. The van der Waals surface area contributed by atoms with Crippen LogP contribution in [0.5, 0.6) is 0 Å². The molecule has 2 aliphatic heterocycles. The maximum absolute atomic E-state index is 5.99. The van der Waals surface area contributed by atoms with Gasteiger partial charge in [-0.25, -0.2) is 0 Å². The number of nitrogens with one attached hydrogen (secondary N) is 1. The Kier molecular flexibility index (Phi) is 6.23. The molecule has 0 bridgehead atoms. The first kappa shape index (κ1) is 23.2. The molecule has 1 N–H and O–H groups in total. The lowest BCUT2D eigenvalue weighted by molar-refractivity contribution is 0.134. The van der Waals surface area contributed by atoms with E-state index in [2.05, 4.69) is 97.5 Å². The van der Waals surface area contributed by atoms with Gasteiger partial charge in [0, 0.05) is 23.3 Å². The van der Waals surface area contributed by atoms with Gasteiger partial charge in [-0.05, 0) is 83.1 Å². The van der Waals surface area contributed by atoms with Gasteiger partial charge in [-0.15, -0.1) is 0 Å². The second kappa shape index (κ2) is 9.67. The van der Waals surface area contributed by atoms with E-state index in [9.17, 15) is 0 Å². The number of unbranched alkanes of at least 4 members (excludes halogenated alkanes) is 2. The van der Waals surface area contributed by atoms with Crippen molar-refractivity contribution in [1.29, 1.82) is 0 Å². The first-order valence-corrected chi connectivity index (χ1v) is 13.5. The molecule has 4 heteroatoms. The van der Waals surface area contributed by atoms with Crippen LogP contribution in [-0.4, -0.2) is 6.98 Å². The van der Waals surface area contributed by atoms with E-state index in [1.165, 1.54) is 80.3 Å². The van der Waals surface area contributed by atoms with Crippen LogP contribution in [0, 0.1) is 13.8 Å². The van der Waals surface area contributed by atoms with Crippen molar-refractivity contribution >= 4 is 34.6 Å². The number of rotatable bonds is 7. The third-order valence-electron chi connectivity index (χ3n) is 8.24. The summed E-state index contributed by atoms with van der Waals surface area (Å²) in [6.45, 7) is 9.33. The fourth-order valence-electron chi connectivity index (χ4n) is 6.35. The molecule has 3 nitrogen and oxygen atoms in total. The molecule has 0 fully saturated rings. The zero-order chi connectivity index (χ0) is 24.6. The first-order chi connectivity index (χ1) is 17.7. The van der Waals surface area contributed by atoms with Crippen molar-refractivity contribution in [2.24, 2.45) is 0 Å². The van der Waals surface area contributed by atoms with Gasteiger partial charge >= 0.3 is 6.98 Å². The Hall–Kier alpha value is -3.24. The van der Waals surface area contributed by atoms with E-state index in [1.54, 1.807) is 0 Å². The molecule has 0 saturated heterocycles. The number of anilines is 2. The Morgan fingerprint density at radius 2 is 1.61 bits per heavy atom. The second-order valence-corrected chi connectivity index (χ2v) is 10.4. The SMILES string of the molecule is CCCCCc1c(C)c2c(c(C)c1B1Nc3cccc4cccc(c34)N1Cc1ccccc1)COC2. The van der Waals surface area contributed by atoms with E-state index < -0.39 is 0 Å². The highest BCUT2D eigenvalue weighted by Gasteiger charge is 2.38. The van der Waals surface area contributed by atoms with Gasteiger partial charge in [0.1, 0.15) is 0 Å². The Bertz CT molecular complexity index is 1410. The minimum Gasteiger partial charge on any atom is -0.405 e. The van der Waals surface area contributed by atoms with E-state index in [0.717, 1.165) is 26.2 Å². The Morgan fingerprint density at radius 1 is 0.861 bits per heavy atom. The summed E-state index contributed by atoms with van der Waals surface area (Å²) in [5, 5.41) is 6.63. The normalized spacial score (nSPS) is 14.3. The lowest BCUT2D eigenvalue weighted by Crippen LogP contribution is -2.58. The highest BCUT2D eigenvalue weighted by molar-refractivity contribution is 6.81. The minimum absolute atomic E-state index is 0.0620. The molecule has 4 aromatic carbocycles. The lowest BCUT2D eigenvalue weighted by Gasteiger charge is -2.39. The van der Waals surface area contributed by atoms with Crippen LogP contribution in [0.25, 0.3) is 10.8 Å². The summed E-state index contributed by atoms with van der Waals surface area (Å²) in [4.78, 5) is 2.60. The number of hydrogen-bond donors (Lipinski definition) is 1. The molecule has 0 unspecified atom stereocenters. The third kappa shape index (κ3) is 3.88. The van der Waals surface area contributed by atoms with Crippen molar-refractivity contribution in [3.8, 4) is 0 Å². The zero-order valence-electron chi connectivity index (χ0n) is 21.7. The van der Waals surface area contributed by atoms with Gasteiger partial charge < -0.3 is 14.8 Å². The van der Waals surface area contributed by atoms with Gasteiger partial charge in [0.05, 0.1) is 13.2 Å². The van der Waals surface area contributed by atoms with Crippen molar-refractivity contribution in [3.05, 3.63) is 100 Å². The highest BCUT2D eigenvalue weighted by atomic mass is 16.5. The lowest BCUT2D eigenvalue weighted by atomic mass is 9.58. The van der Waals surface area contributed by atoms with Crippen LogP contribution < -0.4 is 15.5 Å². The molecule has 0 radical (unpaired) electrons. The van der Waals surface area contributed by atoms with E-state index in [0.29, 0.717) is 0 Å². The van der Waals surface area contributed by atoms with Crippen LogP contribution in [0.2, 0.25) is 0 Å². The van der Waals surface area contributed by atoms with Crippen LogP contribution in [0.3, 0.4) is 0 Å². The van der Waals surface area contributed by atoms with Crippen molar-refractivity contribution in [3.63, 3.8) is 0 Å². The summed E-state index contributed by atoms with van der Waals surface area (Å²) in [5.74, 6) is 0. The second-order valence-electron chi connectivity index (χ2n) is 10.4. The summed E-state index contributed by atoms with van der Waals surface area (Å²) < 4.78 is 5.99. The molecule has 182 valence electrons. The molecule has 2 heterocycles. The fraction of sp³-hybridized carbons (Fsp3) is 0.312. The van der Waals surface area contributed by atoms with Gasteiger partial charge in [0.15, 0.2) is 0 Å². The molecule has 36 heavy (non-hydrogen) atoms. The van der Waals surface area contributed by atoms with Gasteiger partial charge in [0.25, 0.3) is 0 Å². The van der Waals surface area contributed by atoms with E-state index in [4.69, 9.17) is 4.74 Å². The monoisotopic (exact) mass is 474 g/mol. The smallest absolute Gasteiger partial charge is 0.405 e. The molecule has 6 rings (SSSR count). The van der Waals surface area contributed by atoms with Crippen LogP contribution in [0.15, 0.2) is 66.7 Å². The maximum atomic E-state index is 5.99. The summed E-state index contributed by atoms with van der Waals surface area (Å²) in [6.07, 6.45) is 4.84. The van der Waals surface area contributed by atoms with Gasteiger partial charge in [-0.1, -0.05) is 74.4 Å². The molecule has 0 amide bonds. The van der Waals surface area contributed by atoms with E-state index >= 15 is 0 Å². The van der Waals surface area contributed by atoms with Crippen LogP contribution in [0.1, 0.15) is 59.6 Å². The predicted octanol–water partition coefficient (Wildman–Crippen LogP) is 7.05. The largest absolute Gasteiger partial charge is 0.409 e. The molecule has 4 aromatic rings. The molecule has 0 aliphatic carbocycles. The van der Waals surface area contributed by atoms with Gasteiger partial charge in [-0.2, -0.15) is 0 Å². The average molecular weight is 474 g/mol. The van der Waals surface area contributed by atoms with Crippen molar-refractivity contribution in [2.75, 3.05) is 10.0 Å². The molecular formula is C32H35BN2O. The molecule has 0 atom stereocenters. The van der Waals surface area contributed by atoms with Crippen LogP contribution in [-0.2, 0) is 30.9 Å². The standard InChI is InChI=1S/C32H35BN2O/c1-4-5-7-16-26-22(2)27-20-36-21-28(27)23(3)32(26)33-34-29-17-10-14-25-15-11-18-30(31(25)29)35(33)19-24-12-8-6-9-13-24/h6,8-15,17-18,34H,4-5,7,16,19-21H2,1-3H3. The summed E-state index contributed by atoms with van der Waals surface area (Å²) >= 11 is 0. The average Bonchev–Trinajstić information content (AvgIpc) is 3.40. The highest BCUT2D eigenvalue weighted by Crippen LogP contribution is 2.39. The zero-order valence-corrected chi connectivity index (χ0v) is 21.7. The topological polar surface area (TPSA) is 24.5 Å². The molecule has 0 aromatic heterocycles. The number of fused-ring (bicyclic) bond motifs is 1. The summed E-state index contributed by atoms with van der Waals surface area (Å²) in [7, 11) is 0. The van der Waals surface area contributed by atoms with Gasteiger partial charge in [-0.3, -0.25) is 0 Å². The Balaban J connectivity index is 1.56. The third-order valence-corrected chi connectivity index (χ3v) is 8.24. The maximum Gasteiger partial charge on any atom is 0.409 e. The number of ether oxygens (including phenoxy) is 1. The minimum atomic E-state index is 0.0620. The summed E-state index contributed by atoms with van der Waals surface area (Å²) in [6, 6.07) is 24.3. The number of nitrogens with zero attached hydrogens (tertiary/aromatic N) is 1. The Labute approximate surface area is 215 Å². The van der Waals surface area contributed by atoms with Crippen LogP contribution in [0.4, 0.5) is 11.4 Å². The number of hydrogen-bond acceptors (Lipinski definition) is 3. The van der Waals surface area contributed by atoms with Crippen molar-refractivity contribution in [1.82, 2.24) is 0 Å². The first-order valence-electron chi connectivity index (χ1n) is 13.5. The summed E-state index contributed by atoms with van der Waals surface area (Å²) in [5.41, 5.74) is 12.5. The van der Waals surface area contributed by atoms with Gasteiger partial charge in [0.2, 0.25) is 0 Å². The van der Waals surface area contributed by atoms with E-state index in [-0.39, 0.29) is 6.98 Å². The predicted molar refractivity (Wildman–Crippen MR) is 153 cm³/mol. The molecular weight excluding hydrogens is 439 g/mol. The van der Waals surface area contributed by atoms with Crippen LogP contribution >= 0.6 is 0 Å². The van der Waals surface area contributed by atoms with Crippen molar-refractivity contribution in [2.45, 2.75) is 66.2 Å². The fourth-order valence-corrected chi connectivity index (χ4v) is 6.35. The number of benzene rings is 4. The molecule has 0 saturated carbocycles. The Morgan fingerprint density at radius 3 is 2.39 bits per heavy atom. The quantitative estimate of drug-likeness (QED) is 0.230. The molecule has 2 aliphatic rings.